The molecule has 2 aliphatic heterocycles. The third-order valence-electron chi connectivity index (χ3n) is 7.01. The van der Waals surface area contributed by atoms with Crippen molar-refractivity contribution in [1.82, 2.24) is 0 Å². The molecule has 3 aliphatic rings. The van der Waals surface area contributed by atoms with Crippen LogP contribution in [-0.4, -0.2) is 52.0 Å². The maximum atomic E-state index is 13.2. The van der Waals surface area contributed by atoms with Gasteiger partial charge in [-0.2, -0.15) is 0 Å². The van der Waals surface area contributed by atoms with Crippen LogP contribution in [0.1, 0.15) is 31.7 Å². The second-order valence-corrected chi connectivity index (χ2v) is 8.17. The average molecular weight is 373 g/mol. The molecule has 146 valence electrons. The number of carbonyl (C=O) groups is 2. The van der Waals surface area contributed by atoms with Crippen molar-refractivity contribution in [3.05, 3.63) is 29.8 Å². The van der Waals surface area contributed by atoms with Gasteiger partial charge < -0.3 is 19.1 Å². The Kier molecular flexibility index (Phi) is 4.22. The molecule has 0 aromatic heterocycles. The molecule has 1 saturated heterocycles. The van der Waals surface area contributed by atoms with Crippen LogP contribution in [0.5, 0.6) is 0 Å². The summed E-state index contributed by atoms with van der Waals surface area (Å²) in [7, 11) is 4.63. The molecule has 1 aromatic rings. The molecule has 0 bridgehead atoms. The predicted octanol–water partition coefficient (Wildman–Crippen LogP) is 2.29. The van der Waals surface area contributed by atoms with Gasteiger partial charge in [0.25, 0.3) is 0 Å². The number of anilines is 1. The Labute approximate surface area is 159 Å². The van der Waals surface area contributed by atoms with E-state index in [0.29, 0.717) is 13.0 Å². The minimum absolute atomic E-state index is 0.0511. The highest BCUT2D eigenvalue weighted by Gasteiger charge is 2.72. The molecule has 1 saturated carbocycles. The maximum absolute atomic E-state index is 13.2. The van der Waals surface area contributed by atoms with Crippen LogP contribution >= 0.6 is 0 Å². The molecular weight excluding hydrogens is 346 g/mol. The summed E-state index contributed by atoms with van der Waals surface area (Å²) < 4.78 is 16.7. The molecule has 6 nitrogen and oxygen atoms in total. The van der Waals surface area contributed by atoms with Crippen molar-refractivity contribution in [2.45, 2.75) is 43.7 Å². The number of carbonyl (C=O) groups excluding carboxylic acids is 2. The summed E-state index contributed by atoms with van der Waals surface area (Å²) in [4.78, 5) is 28.4. The van der Waals surface area contributed by atoms with Gasteiger partial charge in [0.15, 0.2) is 5.41 Å². The largest absolute Gasteiger partial charge is 0.468 e. The Bertz CT molecular complexity index is 762. The second kappa shape index (κ2) is 6.23. The van der Waals surface area contributed by atoms with E-state index in [9.17, 15) is 9.59 Å². The number of benzene rings is 1. The van der Waals surface area contributed by atoms with E-state index in [1.165, 1.54) is 14.2 Å². The number of fused-ring (bicyclic) bond motifs is 5. The van der Waals surface area contributed by atoms with Crippen LogP contribution in [-0.2, 0) is 29.2 Å². The molecule has 1 aromatic carbocycles. The lowest BCUT2D eigenvalue weighted by atomic mass is 9.52. The Morgan fingerprint density at radius 1 is 1.19 bits per heavy atom. The molecule has 0 radical (unpaired) electrons. The topological polar surface area (TPSA) is 65.1 Å². The first-order valence-electron chi connectivity index (χ1n) is 9.53. The lowest BCUT2D eigenvalue weighted by Gasteiger charge is -2.56. The van der Waals surface area contributed by atoms with Crippen molar-refractivity contribution in [3.63, 3.8) is 0 Å². The number of methoxy groups -OCH3 is 2. The molecule has 1 aliphatic carbocycles. The number of hydrogen-bond donors (Lipinski definition) is 0. The van der Waals surface area contributed by atoms with Crippen molar-refractivity contribution in [2.75, 3.05) is 32.8 Å². The standard InChI is InChI=1S/C21H27NO5/c1-20-14-9-5-6-10-15(14)22(2)17(20)21(18(23)25-3,19(24)26-4)12-13-8-7-11-27-16(13)20/h5-6,9-10,13,16-17H,7-8,11-12H2,1-4H3/t13-,16+,17+,20+/m0/s1. The van der Waals surface area contributed by atoms with Crippen molar-refractivity contribution in [1.29, 1.82) is 0 Å². The summed E-state index contributed by atoms with van der Waals surface area (Å²) in [5.41, 5.74) is 0.244. The quantitative estimate of drug-likeness (QED) is 0.585. The van der Waals surface area contributed by atoms with Crippen LogP contribution in [0.3, 0.4) is 0 Å². The van der Waals surface area contributed by atoms with Gasteiger partial charge in [-0.1, -0.05) is 25.1 Å². The zero-order chi connectivity index (χ0) is 19.4. The normalized spacial score (nSPS) is 33.5. The molecule has 2 fully saturated rings. The molecular formula is C21H27NO5. The fourth-order valence-corrected chi connectivity index (χ4v) is 6.15. The highest BCUT2D eigenvalue weighted by Crippen LogP contribution is 2.61. The summed E-state index contributed by atoms with van der Waals surface area (Å²) in [5, 5.41) is 0. The van der Waals surface area contributed by atoms with Crippen molar-refractivity contribution >= 4 is 17.6 Å². The van der Waals surface area contributed by atoms with Gasteiger partial charge in [0.1, 0.15) is 0 Å². The fraction of sp³-hybridized carbons (Fsp3) is 0.619. The molecule has 6 heteroatoms. The average Bonchev–Trinajstić information content (AvgIpc) is 2.95. The van der Waals surface area contributed by atoms with E-state index >= 15 is 0 Å². The molecule has 0 spiro atoms. The lowest BCUT2D eigenvalue weighted by Crippen LogP contribution is -2.70. The molecule has 0 N–H and O–H groups in total. The fourth-order valence-electron chi connectivity index (χ4n) is 6.15. The maximum Gasteiger partial charge on any atom is 0.325 e. The Balaban J connectivity index is 1.99. The van der Waals surface area contributed by atoms with E-state index in [0.717, 1.165) is 24.1 Å². The van der Waals surface area contributed by atoms with Gasteiger partial charge in [0.05, 0.1) is 26.4 Å². The minimum Gasteiger partial charge on any atom is -0.468 e. The number of likely N-dealkylation sites (N-methyl/N-ethyl adjacent to an activating group) is 1. The van der Waals surface area contributed by atoms with Gasteiger partial charge in [-0.15, -0.1) is 0 Å². The molecule has 0 unspecified atom stereocenters. The van der Waals surface area contributed by atoms with Gasteiger partial charge in [-0.05, 0) is 36.8 Å². The third kappa shape index (κ3) is 2.16. The molecule has 4 rings (SSSR count). The van der Waals surface area contributed by atoms with Gasteiger partial charge in [0, 0.05) is 24.8 Å². The van der Waals surface area contributed by atoms with E-state index in [4.69, 9.17) is 14.2 Å². The van der Waals surface area contributed by atoms with E-state index in [2.05, 4.69) is 17.9 Å². The number of hydrogen-bond acceptors (Lipinski definition) is 6. The van der Waals surface area contributed by atoms with Crippen LogP contribution in [0.15, 0.2) is 24.3 Å². The highest BCUT2D eigenvalue weighted by atomic mass is 16.5. The zero-order valence-corrected chi connectivity index (χ0v) is 16.4. The van der Waals surface area contributed by atoms with E-state index in [-0.39, 0.29) is 12.0 Å². The highest BCUT2D eigenvalue weighted by molar-refractivity contribution is 6.02. The second-order valence-electron chi connectivity index (χ2n) is 8.17. The number of rotatable bonds is 2. The third-order valence-corrected chi connectivity index (χ3v) is 7.01. The van der Waals surface area contributed by atoms with Gasteiger partial charge in [0.2, 0.25) is 0 Å². The summed E-state index contributed by atoms with van der Waals surface area (Å²) in [6.45, 7) is 2.83. The number of nitrogens with zero attached hydrogens (tertiary/aromatic N) is 1. The van der Waals surface area contributed by atoms with Crippen LogP contribution in [0, 0.1) is 11.3 Å². The predicted molar refractivity (Wildman–Crippen MR) is 99.5 cm³/mol. The summed E-state index contributed by atoms with van der Waals surface area (Å²) in [6.07, 6.45) is 2.19. The monoisotopic (exact) mass is 373 g/mol. The van der Waals surface area contributed by atoms with Gasteiger partial charge in [-0.25, -0.2) is 0 Å². The summed E-state index contributed by atoms with van der Waals surface area (Å²) in [6, 6.07) is 7.68. The number of esters is 2. The Hall–Kier alpha value is -2.08. The number of para-hydroxylation sites is 1. The molecule has 4 atom stereocenters. The first kappa shape index (κ1) is 18.3. The Morgan fingerprint density at radius 2 is 1.85 bits per heavy atom. The van der Waals surface area contributed by atoms with E-state index < -0.39 is 28.8 Å². The molecule has 27 heavy (non-hydrogen) atoms. The molecule has 0 amide bonds. The zero-order valence-electron chi connectivity index (χ0n) is 16.4. The van der Waals surface area contributed by atoms with E-state index in [1.807, 2.05) is 25.2 Å². The number of ether oxygens (including phenoxy) is 3. The van der Waals surface area contributed by atoms with Gasteiger partial charge >= 0.3 is 11.9 Å². The van der Waals surface area contributed by atoms with Crippen molar-refractivity contribution in [3.8, 4) is 0 Å². The first-order chi connectivity index (χ1) is 12.9. The van der Waals surface area contributed by atoms with Crippen LogP contribution in [0.2, 0.25) is 0 Å². The summed E-state index contributed by atoms with van der Waals surface area (Å²) in [5.74, 6) is -0.943. The lowest BCUT2D eigenvalue weighted by molar-refractivity contribution is -0.189. The first-order valence-corrected chi connectivity index (χ1v) is 9.53. The SMILES string of the molecule is COC(=O)C1(C(=O)OC)C[C@@H]2CCCO[C@H]2[C@@]2(C)c3ccccc3N(C)[C@@H]12. The molecule has 2 heterocycles. The minimum atomic E-state index is -1.38. The van der Waals surface area contributed by atoms with Crippen LogP contribution in [0.4, 0.5) is 5.69 Å². The van der Waals surface area contributed by atoms with E-state index in [1.54, 1.807) is 0 Å². The smallest absolute Gasteiger partial charge is 0.325 e. The Morgan fingerprint density at radius 3 is 2.52 bits per heavy atom. The van der Waals surface area contributed by atoms with Gasteiger partial charge in [-0.3, -0.25) is 9.59 Å². The van der Waals surface area contributed by atoms with Crippen molar-refractivity contribution in [2.24, 2.45) is 11.3 Å². The van der Waals surface area contributed by atoms with Crippen LogP contribution < -0.4 is 4.90 Å². The van der Waals surface area contributed by atoms with Crippen molar-refractivity contribution < 1.29 is 23.8 Å². The summed E-state index contributed by atoms with van der Waals surface area (Å²) >= 11 is 0. The van der Waals surface area contributed by atoms with Crippen LogP contribution in [0.25, 0.3) is 0 Å².